The summed E-state index contributed by atoms with van der Waals surface area (Å²) >= 11 is -0.936. The molecular formula is C117H227GePSiSnY17-13. The van der Waals surface area contributed by atoms with Crippen molar-refractivity contribution >= 4 is 50.2 Å². The minimum absolute atomic E-state index is 0. The number of aryl methyl sites for hydroxylation is 3. The van der Waals surface area contributed by atoms with Gasteiger partial charge < -0.3 is 78.9 Å². The Hall–Kier alpha value is 19.2. The van der Waals surface area contributed by atoms with E-state index >= 15 is 0 Å². The Bertz CT molecular complexity index is 2440. The van der Waals surface area contributed by atoms with E-state index in [1.54, 1.807) is 81.4 Å². The number of rotatable bonds is 11. The van der Waals surface area contributed by atoms with Crippen LogP contribution in [0.25, 0.3) is 0 Å². The second-order valence-corrected chi connectivity index (χ2v) is 66.3. The van der Waals surface area contributed by atoms with Crippen LogP contribution in [0, 0.1) is 134 Å². The molecule has 0 amide bonds. The Morgan fingerprint density at radius 1 is 0.457 bits per heavy atom. The molecule has 0 bridgehead atoms. The van der Waals surface area contributed by atoms with Crippen molar-refractivity contribution in [3.8, 4) is 0 Å². The van der Waals surface area contributed by atoms with Crippen molar-refractivity contribution in [2.45, 2.75) is 528 Å². The fraction of sp³-hybridized carbons (Fsp3) is 0.786. The summed E-state index contributed by atoms with van der Waals surface area (Å²) in [6.07, 6.45) is 52.3. The summed E-state index contributed by atoms with van der Waals surface area (Å²) in [4.78, 5) is 4.84. The van der Waals surface area contributed by atoms with Gasteiger partial charge in [0.25, 0.3) is 0 Å². The van der Waals surface area contributed by atoms with Gasteiger partial charge in [0.15, 0.2) is 0 Å². The van der Waals surface area contributed by atoms with Gasteiger partial charge in [0.05, 0.1) is 0 Å². The summed E-state index contributed by atoms with van der Waals surface area (Å²) < 4.78 is 1.50. The van der Waals surface area contributed by atoms with Gasteiger partial charge in [-0.15, -0.1) is 11.8 Å². The molecule has 776 valence electrons. The van der Waals surface area contributed by atoms with E-state index in [9.17, 15) is 0 Å². The Kier molecular flexibility index (Phi) is 221. The molecule has 9 aliphatic carbocycles. The van der Waals surface area contributed by atoms with Crippen molar-refractivity contribution in [3.05, 3.63) is 149 Å². The maximum absolute atomic E-state index is 3.60. The van der Waals surface area contributed by atoms with Crippen molar-refractivity contribution in [2.75, 3.05) is 26.2 Å². The van der Waals surface area contributed by atoms with Gasteiger partial charge in [0, 0.05) is 565 Å². The average molecular weight is 3400 g/mol. The Balaban J connectivity index is -0.0000000486. The second kappa shape index (κ2) is 143. The number of unbranched alkanes of at least 4 members (excludes halogenated alkanes) is 1. The molecule has 0 nitrogen and oxygen atoms in total. The van der Waals surface area contributed by atoms with Crippen LogP contribution in [0.4, 0.5) is 0 Å². The van der Waals surface area contributed by atoms with E-state index < -0.39 is 27.0 Å². The fourth-order valence-corrected chi connectivity index (χ4v) is 14.8. The van der Waals surface area contributed by atoms with E-state index in [1.807, 2.05) is 6.92 Å². The molecule has 138 heavy (non-hydrogen) atoms. The topological polar surface area (TPSA) is 0 Å². The van der Waals surface area contributed by atoms with Crippen LogP contribution in [0.15, 0.2) is 36.4 Å². The summed E-state index contributed by atoms with van der Waals surface area (Å²) in [7, 11) is -0.505. The minimum atomic E-state index is -0.631. The molecule has 9 aliphatic rings. The molecule has 7 unspecified atom stereocenters. The van der Waals surface area contributed by atoms with Crippen molar-refractivity contribution in [2.24, 2.45) is 40.9 Å². The van der Waals surface area contributed by atoms with Crippen LogP contribution in [0.5, 0.6) is 0 Å². The zero-order chi connectivity index (χ0) is 94.4. The third kappa shape index (κ3) is 127. The molecule has 2 aromatic rings. The smallest absolute Gasteiger partial charge is 0 e. The first-order valence-electron chi connectivity index (χ1n) is 51.8. The summed E-state index contributed by atoms with van der Waals surface area (Å²) in [5, 5.41) is 1.47. The normalized spacial score (nSPS) is 19.4. The number of hydrogen-bond acceptors (Lipinski definition) is 0. The van der Waals surface area contributed by atoms with Crippen LogP contribution in [-0.4, -0.2) is 69.1 Å². The Morgan fingerprint density at radius 2 is 0.761 bits per heavy atom. The molecule has 0 spiro atoms. The largest absolute Gasteiger partial charge is 0.344 e. The quantitative estimate of drug-likeness (QED) is 0.0910. The summed E-state index contributed by atoms with van der Waals surface area (Å²) in [6, 6.07) is 14.7. The third-order valence-corrected chi connectivity index (χ3v) is 39.1. The molecule has 0 N–H and O–H groups in total. The van der Waals surface area contributed by atoms with E-state index in [0.717, 1.165) is 48.3 Å². The van der Waals surface area contributed by atoms with E-state index in [1.165, 1.54) is 264 Å². The van der Waals surface area contributed by atoms with Gasteiger partial charge in [-0.25, -0.2) is 0 Å². The van der Waals surface area contributed by atoms with Gasteiger partial charge in [-0.3, -0.25) is 0 Å². The number of benzene rings is 2. The van der Waals surface area contributed by atoms with Crippen molar-refractivity contribution < 1.29 is 556 Å². The SMILES string of the molecule is CC[C-](C)C.CC[C-](C)C(C)C.CC[C-]1CCCC1.CC[C-]1CCCCC1.CC[PH](C)(C)C.CC[Si](C)C.C[C-](C)C1(C)CCCC1.C[C-]1CCC(C)C1C.C[C-]1CCCC1C.C[C-]1CCCCC1C.C[C-]1CCCCCC1C.C[CH2][Ge]([CH3])[CH3].C[CH2][Sn]([CH3])[CH3].Cc1cccc2c1C(C)[C-](C)C2.Cc1cccc2c1C(C)[C-](C)CC2.[CH2-]CC.[CH2-]CCC.[Y].[Y].[Y].[Y].[Y].[Y].[Y].[Y].[Y].[Y].[Y].[Y].[Y].[Y].[Y].[Y].[Y]. The first-order chi connectivity index (χ1) is 56.7. The van der Waals surface area contributed by atoms with E-state index in [2.05, 4.69) is 326 Å². The summed E-state index contributed by atoms with van der Waals surface area (Å²) in [6.45, 7) is 93.4. The van der Waals surface area contributed by atoms with Crippen LogP contribution in [-0.2, 0) is 569 Å². The number of fused-ring (bicyclic) bond motifs is 2. The van der Waals surface area contributed by atoms with Crippen LogP contribution < -0.4 is 0 Å². The van der Waals surface area contributed by atoms with E-state index in [0.29, 0.717) is 17.3 Å². The monoisotopic (exact) mass is 3400 g/mol. The molecule has 7 saturated carbocycles. The standard InChI is InChI=1S/C13H17.C12H15.2C9H17.3C8H15.2C7H13.C7H15.C5H15P.C5H11.C4H11Ge.C4H11Si.C4H9.C3H7.C2H5.2CH3.Sn.17Y/c1-9-7-8-12-6-4-5-10(2)13(12)11(9)3;1-8-5-4-6-11-7-9(2)10(3)12(8)11;1-8(2)9(3)6-4-5-7-9;1-8-6-4-3-5-7-9(8)2;1-6-4-5-7(2)8(6)3;1-7-5-3-4-6-8(7)2;1-2-8-6-4-3-5-7-8;1-6-4-3-5-7(6)2;1-2-7-5-3-4-6-7;1-5-7(4)6(2)3;1-5-6(2,3)4;3*1-4-5(2)3;1-3-4-2;1-3-2;1-2;;;;;;;;;;;;;;;;;;;;/h4-6,11H,7-8H2,1-3H3;4-6,10H,7H2,1-3H3;4-7H2,1-3H3;8H,3-7H2,1-2H3;6,8H,4-5H2,1-3H3;7H,3-6H2,1-2H3;2-7H2,1H3;6H,3-5H2,1-2H3;2-6H2,1H3;6H,5H2,1-4H3;6H,5H2,1-4H3;3*4H2,1-3H3;1,3-4H2,2H3;1,3H2,2H3;1H2,2H3;2*1H3;;;;;;;;;;;;;;;;;;/q10*-1;;-1;;;2*-1;;;;;;;;;;;;;;;;;;;;;. The molecule has 21 heteroatoms. The average Bonchev–Trinajstić information content (AvgIpc) is 1.59. The van der Waals surface area contributed by atoms with Crippen LogP contribution in [0.3, 0.4) is 0 Å². The maximum atomic E-state index is 3.60. The molecule has 7 fully saturated rings. The van der Waals surface area contributed by atoms with Gasteiger partial charge in [-0.1, -0.05) is 336 Å². The predicted octanol–water partition coefficient (Wildman–Crippen LogP) is 41.0. The Labute approximate surface area is 1320 Å². The fourth-order valence-electron chi connectivity index (χ4n) is 14.8. The van der Waals surface area contributed by atoms with Gasteiger partial charge >= 0.3 is 119 Å². The van der Waals surface area contributed by atoms with E-state index in [-0.39, 0.29) is 579 Å². The maximum Gasteiger partial charge on any atom is 0 e. The van der Waals surface area contributed by atoms with Gasteiger partial charge in [0.1, 0.15) is 0 Å². The molecule has 0 aliphatic heterocycles. The van der Waals surface area contributed by atoms with Crippen molar-refractivity contribution in [3.63, 3.8) is 0 Å². The van der Waals surface area contributed by atoms with Crippen molar-refractivity contribution in [1.82, 2.24) is 0 Å². The third-order valence-electron chi connectivity index (χ3n) is 28.5. The first-order valence-corrected chi connectivity index (χ1v) is 71.7. The van der Waals surface area contributed by atoms with Gasteiger partial charge in [0.2, 0.25) is 0 Å². The van der Waals surface area contributed by atoms with E-state index in [4.69, 9.17) is 0 Å². The van der Waals surface area contributed by atoms with Gasteiger partial charge in [-0.2, -0.15) is 214 Å². The first kappa shape index (κ1) is 213. The second-order valence-electron chi connectivity index (χ2n) is 41.8. The molecule has 0 saturated heterocycles. The van der Waals surface area contributed by atoms with Crippen LogP contribution in [0.1, 0.15) is 485 Å². The minimum Gasteiger partial charge on any atom is -0.344 e. The Morgan fingerprint density at radius 3 is 0.993 bits per heavy atom. The number of hydrogen-bond donors (Lipinski definition) is 0. The molecule has 2 aromatic carbocycles. The zero-order valence-electron chi connectivity index (χ0n) is 101. The molecule has 20 radical (unpaired) electrons. The summed E-state index contributed by atoms with van der Waals surface area (Å²) in [5.74, 6) is 30.0. The van der Waals surface area contributed by atoms with Gasteiger partial charge in [-0.05, 0) is 25.0 Å². The molecular weight excluding hydrogens is 3170 g/mol. The van der Waals surface area contributed by atoms with Crippen LogP contribution >= 0.6 is 7.26 Å². The molecule has 7 atom stereocenters. The molecule has 0 heterocycles. The van der Waals surface area contributed by atoms with Crippen molar-refractivity contribution in [1.29, 1.82) is 0 Å². The molecule has 11 rings (SSSR count). The summed E-state index contributed by atoms with van der Waals surface area (Å²) in [5.41, 5.74) is 9.81. The van der Waals surface area contributed by atoms with Crippen LogP contribution in [0.2, 0.25) is 50.2 Å². The predicted molar refractivity (Wildman–Crippen MR) is 580 cm³/mol. The molecule has 0 aromatic heterocycles. The zero-order valence-corrected chi connectivity index (χ0v) is 157.